The topological polar surface area (TPSA) is 55.1 Å². The summed E-state index contributed by atoms with van der Waals surface area (Å²) in [5.41, 5.74) is 9.32. The summed E-state index contributed by atoms with van der Waals surface area (Å²) in [4.78, 5) is 12.6. The zero-order valence-corrected chi connectivity index (χ0v) is 14.4. The molecule has 1 aliphatic carbocycles. The molecule has 2 atom stereocenters. The van der Waals surface area contributed by atoms with Crippen molar-refractivity contribution in [2.75, 3.05) is 11.9 Å². The molecular weight excluding hydrogens is 272 g/mol. The number of benzene rings is 1. The number of hydrogen-bond acceptors (Lipinski definition) is 2. The molecule has 1 amide bonds. The number of rotatable bonds is 5. The van der Waals surface area contributed by atoms with Crippen LogP contribution in [-0.2, 0) is 4.79 Å². The highest BCUT2D eigenvalue weighted by Crippen LogP contribution is 2.33. The van der Waals surface area contributed by atoms with E-state index in [1.54, 1.807) is 0 Å². The smallest absolute Gasteiger partial charge is 0.227 e. The fraction of sp³-hybridized carbons (Fsp3) is 0.632. The van der Waals surface area contributed by atoms with Crippen molar-refractivity contribution in [2.24, 2.45) is 17.6 Å². The molecular formula is C19H30N2O. The van der Waals surface area contributed by atoms with Gasteiger partial charge in [0.2, 0.25) is 5.91 Å². The van der Waals surface area contributed by atoms with Crippen LogP contribution in [0.2, 0.25) is 0 Å². The predicted molar refractivity (Wildman–Crippen MR) is 93.1 cm³/mol. The summed E-state index contributed by atoms with van der Waals surface area (Å²) in [7, 11) is 0. The monoisotopic (exact) mass is 302 g/mol. The van der Waals surface area contributed by atoms with E-state index in [-0.39, 0.29) is 11.8 Å². The summed E-state index contributed by atoms with van der Waals surface area (Å²) in [6.07, 6.45) is 3.16. The van der Waals surface area contributed by atoms with Gasteiger partial charge in [-0.1, -0.05) is 46.2 Å². The van der Waals surface area contributed by atoms with E-state index in [9.17, 15) is 4.79 Å². The highest BCUT2D eigenvalue weighted by molar-refractivity contribution is 5.93. The Bertz CT molecular complexity index is 522. The number of anilines is 1. The van der Waals surface area contributed by atoms with Gasteiger partial charge in [-0.15, -0.1) is 0 Å². The SMILES string of the molecule is CC(C)c1ccc(NC(=O)[C@@H]2CCC[C@@H]2CN)c(C(C)C)c1. The molecule has 3 N–H and O–H groups in total. The minimum absolute atomic E-state index is 0.0785. The van der Waals surface area contributed by atoms with Crippen molar-refractivity contribution in [2.45, 2.75) is 58.8 Å². The second-order valence-electron chi connectivity index (χ2n) is 7.18. The standard InChI is InChI=1S/C19H30N2O/c1-12(2)14-8-9-18(17(10-14)13(3)4)21-19(22)16-7-5-6-15(16)11-20/h8-10,12-13,15-16H,5-7,11,20H2,1-4H3,(H,21,22)/t15-,16-/m1/s1. The molecule has 2 rings (SSSR count). The molecule has 0 saturated heterocycles. The van der Waals surface area contributed by atoms with Crippen LogP contribution in [0.1, 0.15) is 69.9 Å². The first-order valence-corrected chi connectivity index (χ1v) is 8.58. The second kappa shape index (κ2) is 7.28. The molecule has 3 heteroatoms. The summed E-state index contributed by atoms with van der Waals surface area (Å²) < 4.78 is 0. The van der Waals surface area contributed by atoms with Crippen LogP contribution in [0.25, 0.3) is 0 Å². The Morgan fingerprint density at radius 3 is 2.55 bits per heavy atom. The Morgan fingerprint density at radius 1 is 1.23 bits per heavy atom. The molecule has 0 radical (unpaired) electrons. The number of hydrogen-bond donors (Lipinski definition) is 2. The molecule has 0 aromatic heterocycles. The van der Waals surface area contributed by atoms with Gasteiger partial charge in [-0.05, 0) is 54.3 Å². The molecule has 1 saturated carbocycles. The van der Waals surface area contributed by atoms with Crippen LogP contribution in [-0.4, -0.2) is 12.5 Å². The van der Waals surface area contributed by atoms with Crippen molar-refractivity contribution in [3.8, 4) is 0 Å². The summed E-state index contributed by atoms with van der Waals surface area (Å²) in [5, 5.41) is 3.17. The van der Waals surface area contributed by atoms with Crippen LogP contribution in [0, 0.1) is 11.8 Å². The summed E-state index contributed by atoms with van der Waals surface area (Å²) in [6, 6.07) is 6.43. The summed E-state index contributed by atoms with van der Waals surface area (Å²) >= 11 is 0. The van der Waals surface area contributed by atoms with Crippen LogP contribution in [0.4, 0.5) is 5.69 Å². The van der Waals surface area contributed by atoms with E-state index < -0.39 is 0 Å². The van der Waals surface area contributed by atoms with Crippen LogP contribution < -0.4 is 11.1 Å². The molecule has 0 unspecified atom stereocenters. The van der Waals surface area contributed by atoms with Crippen LogP contribution >= 0.6 is 0 Å². The second-order valence-corrected chi connectivity index (χ2v) is 7.18. The molecule has 0 aliphatic heterocycles. The highest BCUT2D eigenvalue weighted by atomic mass is 16.1. The van der Waals surface area contributed by atoms with Gasteiger partial charge in [-0.3, -0.25) is 4.79 Å². The van der Waals surface area contributed by atoms with Gasteiger partial charge in [0.1, 0.15) is 0 Å². The maximum atomic E-state index is 12.6. The van der Waals surface area contributed by atoms with Crippen molar-refractivity contribution in [3.63, 3.8) is 0 Å². The van der Waals surface area contributed by atoms with Crippen molar-refractivity contribution in [1.82, 2.24) is 0 Å². The molecule has 122 valence electrons. The van der Waals surface area contributed by atoms with Crippen LogP contribution in [0.5, 0.6) is 0 Å². The summed E-state index contributed by atoms with van der Waals surface area (Å²) in [6.45, 7) is 9.35. The highest BCUT2D eigenvalue weighted by Gasteiger charge is 2.32. The lowest BCUT2D eigenvalue weighted by Gasteiger charge is -2.21. The van der Waals surface area contributed by atoms with E-state index in [1.165, 1.54) is 11.1 Å². The lowest BCUT2D eigenvalue weighted by atomic mass is 9.92. The maximum absolute atomic E-state index is 12.6. The molecule has 0 heterocycles. The lowest BCUT2D eigenvalue weighted by molar-refractivity contribution is -0.120. The third-order valence-electron chi connectivity index (χ3n) is 4.92. The average Bonchev–Trinajstić information content (AvgIpc) is 2.95. The molecule has 1 aliphatic rings. The Morgan fingerprint density at radius 2 is 1.95 bits per heavy atom. The van der Waals surface area contributed by atoms with Gasteiger partial charge in [0.05, 0.1) is 0 Å². The summed E-state index contributed by atoms with van der Waals surface area (Å²) in [5.74, 6) is 1.46. The molecule has 1 aromatic rings. The van der Waals surface area contributed by atoms with Gasteiger partial charge in [-0.25, -0.2) is 0 Å². The first kappa shape index (κ1) is 17.0. The van der Waals surface area contributed by atoms with Gasteiger partial charge >= 0.3 is 0 Å². The fourth-order valence-corrected chi connectivity index (χ4v) is 3.42. The van der Waals surface area contributed by atoms with E-state index in [0.717, 1.165) is 24.9 Å². The third-order valence-corrected chi connectivity index (χ3v) is 4.92. The molecule has 0 bridgehead atoms. The van der Waals surface area contributed by atoms with Gasteiger partial charge < -0.3 is 11.1 Å². The number of carbonyl (C=O) groups excluding carboxylic acids is 1. The zero-order valence-electron chi connectivity index (χ0n) is 14.4. The van der Waals surface area contributed by atoms with Gasteiger partial charge in [0.25, 0.3) is 0 Å². The van der Waals surface area contributed by atoms with Crippen LogP contribution in [0.3, 0.4) is 0 Å². The Kier molecular flexibility index (Phi) is 5.63. The van der Waals surface area contributed by atoms with E-state index in [2.05, 4.69) is 51.2 Å². The number of nitrogens with one attached hydrogen (secondary N) is 1. The molecule has 3 nitrogen and oxygen atoms in total. The van der Waals surface area contributed by atoms with Gasteiger partial charge in [0, 0.05) is 11.6 Å². The molecule has 1 aromatic carbocycles. The van der Waals surface area contributed by atoms with E-state index in [1.807, 2.05) is 0 Å². The van der Waals surface area contributed by atoms with Crippen molar-refractivity contribution in [1.29, 1.82) is 0 Å². The lowest BCUT2D eigenvalue weighted by Crippen LogP contribution is -2.30. The maximum Gasteiger partial charge on any atom is 0.227 e. The Hall–Kier alpha value is -1.35. The molecule has 0 spiro atoms. The molecule has 22 heavy (non-hydrogen) atoms. The third kappa shape index (κ3) is 3.70. The minimum atomic E-state index is 0.0785. The average molecular weight is 302 g/mol. The normalized spacial score (nSPS) is 21.6. The van der Waals surface area contributed by atoms with Gasteiger partial charge in [-0.2, -0.15) is 0 Å². The van der Waals surface area contributed by atoms with E-state index >= 15 is 0 Å². The quantitative estimate of drug-likeness (QED) is 0.854. The van der Waals surface area contributed by atoms with Gasteiger partial charge in [0.15, 0.2) is 0 Å². The van der Waals surface area contributed by atoms with Crippen LogP contribution in [0.15, 0.2) is 18.2 Å². The number of carbonyl (C=O) groups is 1. The minimum Gasteiger partial charge on any atom is -0.330 e. The zero-order chi connectivity index (χ0) is 16.3. The fourth-order valence-electron chi connectivity index (χ4n) is 3.42. The molecule has 1 fully saturated rings. The van der Waals surface area contributed by atoms with Crippen molar-refractivity contribution < 1.29 is 4.79 Å². The van der Waals surface area contributed by atoms with Crippen molar-refractivity contribution >= 4 is 11.6 Å². The first-order chi connectivity index (χ1) is 10.4. The van der Waals surface area contributed by atoms with E-state index in [4.69, 9.17) is 5.73 Å². The predicted octanol–water partition coefficient (Wildman–Crippen LogP) is 4.25. The Balaban J connectivity index is 2.19. The van der Waals surface area contributed by atoms with Crippen molar-refractivity contribution in [3.05, 3.63) is 29.3 Å². The Labute approximate surface area is 134 Å². The van der Waals surface area contributed by atoms with E-state index in [0.29, 0.717) is 24.3 Å². The largest absolute Gasteiger partial charge is 0.330 e. The number of nitrogens with two attached hydrogens (primary N) is 1. The first-order valence-electron chi connectivity index (χ1n) is 8.58. The number of amides is 1.